The van der Waals surface area contributed by atoms with E-state index in [9.17, 15) is 8.42 Å². The van der Waals surface area contributed by atoms with E-state index in [2.05, 4.69) is 15.0 Å². The molecule has 2 rings (SSSR count). The minimum absolute atomic E-state index is 0.170. The zero-order valence-electron chi connectivity index (χ0n) is 11.3. The summed E-state index contributed by atoms with van der Waals surface area (Å²) in [5.74, 6) is 0. The van der Waals surface area contributed by atoms with E-state index in [1.807, 2.05) is 30.7 Å². The quantitative estimate of drug-likeness (QED) is 0.860. The molecule has 2 heterocycles. The fraction of sp³-hybridized carbons (Fsp3) is 0.308. The first kappa shape index (κ1) is 15.0. The maximum atomic E-state index is 12.4. The molecule has 2 aromatic heterocycles. The van der Waals surface area contributed by atoms with Crippen LogP contribution in [0.15, 0.2) is 40.2 Å². The lowest BCUT2D eigenvalue weighted by molar-refractivity contribution is 0.567. The first-order valence-electron chi connectivity index (χ1n) is 6.27. The second kappa shape index (κ2) is 6.34. The number of hydrogen-bond acceptors (Lipinski definition) is 5. The van der Waals surface area contributed by atoms with Crippen LogP contribution in [0.1, 0.15) is 25.5 Å². The predicted molar refractivity (Wildman–Crippen MR) is 81.5 cm³/mol. The monoisotopic (exact) mass is 311 g/mol. The Kier molecular flexibility index (Phi) is 4.74. The molecule has 0 spiro atoms. The third-order valence-corrected chi connectivity index (χ3v) is 5.09. The van der Waals surface area contributed by atoms with E-state index in [1.54, 1.807) is 23.6 Å². The standard InChI is InChI=1S/C13H17N3O2S2/c1-3-15-12-4-6-14-8-13(12)20(17,18)16-10(2)11-5-7-19-9-11/h4-10,16H,3H2,1-2H3,(H,14,15). The summed E-state index contributed by atoms with van der Waals surface area (Å²) in [5, 5.41) is 6.89. The molecule has 0 aliphatic heterocycles. The molecule has 0 amide bonds. The van der Waals surface area contributed by atoms with Crippen LogP contribution in [0, 0.1) is 0 Å². The van der Waals surface area contributed by atoms with Gasteiger partial charge in [-0.15, -0.1) is 0 Å². The topological polar surface area (TPSA) is 71.1 Å². The number of sulfonamides is 1. The molecule has 5 nitrogen and oxygen atoms in total. The lowest BCUT2D eigenvalue weighted by atomic mass is 10.2. The third kappa shape index (κ3) is 3.36. The number of thiophene rings is 1. The molecular formula is C13H17N3O2S2. The lowest BCUT2D eigenvalue weighted by Crippen LogP contribution is -2.27. The van der Waals surface area contributed by atoms with Gasteiger partial charge in [0.15, 0.2) is 0 Å². The lowest BCUT2D eigenvalue weighted by Gasteiger charge is -2.15. The van der Waals surface area contributed by atoms with Crippen molar-refractivity contribution in [3.8, 4) is 0 Å². The fourth-order valence-corrected chi connectivity index (χ4v) is 3.93. The van der Waals surface area contributed by atoms with Gasteiger partial charge in [0.25, 0.3) is 0 Å². The number of nitrogens with one attached hydrogen (secondary N) is 2. The highest BCUT2D eigenvalue weighted by atomic mass is 32.2. The van der Waals surface area contributed by atoms with Gasteiger partial charge in [-0.05, 0) is 42.3 Å². The predicted octanol–water partition coefficient (Wildman–Crippen LogP) is 2.61. The van der Waals surface area contributed by atoms with Gasteiger partial charge in [-0.1, -0.05) is 0 Å². The molecule has 2 N–H and O–H groups in total. The largest absolute Gasteiger partial charge is 0.384 e. The zero-order chi connectivity index (χ0) is 14.6. The molecule has 2 aromatic rings. The first-order valence-corrected chi connectivity index (χ1v) is 8.69. The van der Waals surface area contributed by atoms with Gasteiger partial charge in [-0.3, -0.25) is 4.98 Å². The van der Waals surface area contributed by atoms with Crippen LogP contribution >= 0.6 is 11.3 Å². The Morgan fingerprint density at radius 1 is 1.40 bits per heavy atom. The molecule has 7 heteroatoms. The van der Waals surface area contributed by atoms with Crippen LogP contribution in [0.3, 0.4) is 0 Å². The van der Waals surface area contributed by atoms with Gasteiger partial charge >= 0.3 is 0 Å². The van der Waals surface area contributed by atoms with Crippen molar-refractivity contribution in [1.82, 2.24) is 9.71 Å². The Hall–Kier alpha value is -1.44. The van der Waals surface area contributed by atoms with Crippen molar-refractivity contribution in [3.05, 3.63) is 40.8 Å². The van der Waals surface area contributed by atoms with Gasteiger partial charge in [0.05, 0.1) is 5.69 Å². The summed E-state index contributed by atoms with van der Waals surface area (Å²) in [4.78, 5) is 4.08. The molecule has 20 heavy (non-hydrogen) atoms. The van der Waals surface area contributed by atoms with E-state index >= 15 is 0 Å². The van der Waals surface area contributed by atoms with Crippen molar-refractivity contribution in [3.63, 3.8) is 0 Å². The van der Waals surface area contributed by atoms with Crippen LogP contribution in [-0.4, -0.2) is 19.9 Å². The molecule has 0 radical (unpaired) electrons. The number of nitrogens with zero attached hydrogens (tertiary/aromatic N) is 1. The molecular weight excluding hydrogens is 294 g/mol. The normalized spacial score (nSPS) is 13.1. The average molecular weight is 311 g/mol. The highest BCUT2D eigenvalue weighted by molar-refractivity contribution is 7.89. The van der Waals surface area contributed by atoms with E-state index in [4.69, 9.17) is 0 Å². The Morgan fingerprint density at radius 2 is 2.20 bits per heavy atom. The van der Waals surface area contributed by atoms with Crippen LogP contribution in [0.25, 0.3) is 0 Å². The summed E-state index contributed by atoms with van der Waals surface area (Å²) in [7, 11) is -3.61. The molecule has 0 saturated carbocycles. The number of hydrogen-bond donors (Lipinski definition) is 2. The van der Waals surface area contributed by atoms with E-state index in [0.717, 1.165) is 5.56 Å². The second-order valence-electron chi connectivity index (χ2n) is 4.30. The van der Waals surface area contributed by atoms with E-state index in [0.29, 0.717) is 12.2 Å². The van der Waals surface area contributed by atoms with Gasteiger partial charge in [-0.2, -0.15) is 11.3 Å². The van der Waals surface area contributed by atoms with Gasteiger partial charge in [0.2, 0.25) is 10.0 Å². The fourth-order valence-electron chi connectivity index (χ4n) is 1.82. The summed E-state index contributed by atoms with van der Waals surface area (Å²) in [5.41, 5.74) is 1.51. The molecule has 0 aliphatic carbocycles. The molecule has 0 aromatic carbocycles. The third-order valence-electron chi connectivity index (χ3n) is 2.82. The van der Waals surface area contributed by atoms with Crippen molar-refractivity contribution in [2.24, 2.45) is 0 Å². The van der Waals surface area contributed by atoms with E-state index in [1.165, 1.54) is 6.20 Å². The van der Waals surface area contributed by atoms with Gasteiger partial charge < -0.3 is 5.32 Å². The number of aromatic nitrogens is 1. The van der Waals surface area contributed by atoms with Crippen LogP contribution in [0.5, 0.6) is 0 Å². The molecule has 0 aliphatic rings. The first-order chi connectivity index (χ1) is 9.54. The van der Waals surface area contributed by atoms with Gasteiger partial charge in [-0.25, -0.2) is 13.1 Å². The molecule has 0 bridgehead atoms. The highest BCUT2D eigenvalue weighted by Gasteiger charge is 2.21. The van der Waals surface area contributed by atoms with Gasteiger partial charge in [0, 0.05) is 25.0 Å². The maximum absolute atomic E-state index is 12.4. The van der Waals surface area contributed by atoms with Crippen LogP contribution < -0.4 is 10.0 Å². The number of anilines is 1. The summed E-state index contributed by atoms with van der Waals surface area (Å²) >= 11 is 1.54. The van der Waals surface area contributed by atoms with Crippen molar-refractivity contribution >= 4 is 27.0 Å². The van der Waals surface area contributed by atoms with Gasteiger partial charge in [0.1, 0.15) is 4.90 Å². The van der Waals surface area contributed by atoms with Crippen molar-refractivity contribution in [1.29, 1.82) is 0 Å². The minimum atomic E-state index is -3.61. The summed E-state index contributed by atoms with van der Waals surface area (Å²) in [6.45, 7) is 4.38. The second-order valence-corrected chi connectivity index (χ2v) is 6.76. The number of pyridine rings is 1. The Morgan fingerprint density at radius 3 is 2.85 bits per heavy atom. The SMILES string of the molecule is CCNc1ccncc1S(=O)(=O)NC(C)c1ccsc1. The van der Waals surface area contributed by atoms with Crippen LogP contribution in [0.4, 0.5) is 5.69 Å². The van der Waals surface area contributed by atoms with Crippen LogP contribution in [-0.2, 0) is 10.0 Å². The van der Waals surface area contributed by atoms with Crippen molar-refractivity contribution in [2.75, 3.05) is 11.9 Å². The Balaban J connectivity index is 2.27. The molecule has 1 atom stereocenters. The zero-order valence-corrected chi connectivity index (χ0v) is 13.0. The van der Waals surface area contributed by atoms with Crippen molar-refractivity contribution < 1.29 is 8.42 Å². The average Bonchev–Trinajstić information content (AvgIpc) is 2.93. The van der Waals surface area contributed by atoms with E-state index < -0.39 is 10.0 Å². The summed E-state index contributed by atoms with van der Waals surface area (Å²) < 4.78 is 27.6. The molecule has 1 unspecified atom stereocenters. The van der Waals surface area contributed by atoms with E-state index in [-0.39, 0.29) is 10.9 Å². The smallest absolute Gasteiger partial charge is 0.244 e. The highest BCUT2D eigenvalue weighted by Crippen LogP contribution is 2.23. The van der Waals surface area contributed by atoms with Crippen molar-refractivity contribution in [2.45, 2.75) is 24.8 Å². The summed E-state index contributed by atoms with van der Waals surface area (Å²) in [6.07, 6.45) is 2.93. The molecule has 108 valence electrons. The Labute approximate surface area is 123 Å². The Bertz CT molecular complexity index is 654. The number of rotatable bonds is 6. The summed E-state index contributed by atoms with van der Waals surface area (Å²) in [6, 6.07) is 3.29. The molecule has 0 fully saturated rings. The van der Waals surface area contributed by atoms with Crippen LogP contribution in [0.2, 0.25) is 0 Å². The minimum Gasteiger partial charge on any atom is -0.384 e. The maximum Gasteiger partial charge on any atom is 0.244 e. The molecule has 0 saturated heterocycles.